The van der Waals surface area contributed by atoms with E-state index in [9.17, 15) is 18.0 Å². The molecule has 0 bridgehead atoms. The second-order valence-electron chi connectivity index (χ2n) is 7.91. The Hall–Kier alpha value is -2.91. The molecule has 30 heavy (non-hydrogen) atoms. The monoisotopic (exact) mass is 420 g/mol. The van der Waals surface area contributed by atoms with Crippen LogP contribution in [0.5, 0.6) is 0 Å². The largest absolute Gasteiger partial charge is 0.417 e. The SMILES string of the molecule is Cc1nn(CC(=O)NC(C)c2cnn(C)c2C)c2nc(C3CC3)cc(C(F)(F)F)c12. The van der Waals surface area contributed by atoms with Crippen LogP contribution in [0.1, 0.15) is 59.9 Å². The van der Waals surface area contributed by atoms with Crippen molar-refractivity contribution in [3.05, 3.63) is 40.5 Å². The van der Waals surface area contributed by atoms with Crippen molar-refractivity contribution < 1.29 is 18.0 Å². The number of nitrogens with one attached hydrogen (secondary N) is 1. The van der Waals surface area contributed by atoms with E-state index in [1.54, 1.807) is 10.9 Å². The van der Waals surface area contributed by atoms with Gasteiger partial charge in [0.2, 0.25) is 5.91 Å². The number of alkyl halides is 3. The summed E-state index contributed by atoms with van der Waals surface area (Å²) < 4.78 is 44.0. The van der Waals surface area contributed by atoms with Crippen molar-refractivity contribution in [2.24, 2.45) is 7.05 Å². The molecule has 3 aromatic rings. The van der Waals surface area contributed by atoms with E-state index in [-0.39, 0.29) is 41.1 Å². The summed E-state index contributed by atoms with van der Waals surface area (Å²) in [6.07, 6.45) is -1.18. The van der Waals surface area contributed by atoms with Crippen LogP contribution in [-0.4, -0.2) is 30.5 Å². The third-order valence-corrected chi connectivity index (χ3v) is 5.61. The van der Waals surface area contributed by atoms with Crippen molar-refractivity contribution in [1.29, 1.82) is 0 Å². The van der Waals surface area contributed by atoms with Crippen LogP contribution in [-0.2, 0) is 24.6 Å². The molecule has 1 aliphatic carbocycles. The van der Waals surface area contributed by atoms with E-state index < -0.39 is 11.7 Å². The molecule has 1 saturated carbocycles. The van der Waals surface area contributed by atoms with Gasteiger partial charge in [0.15, 0.2) is 5.65 Å². The molecule has 1 atom stereocenters. The van der Waals surface area contributed by atoms with Gasteiger partial charge in [-0.3, -0.25) is 9.48 Å². The molecule has 0 spiro atoms. The summed E-state index contributed by atoms with van der Waals surface area (Å²) in [7, 11) is 1.81. The number of rotatable bonds is 5. The zero-order chi connectivity index (χ0) is 21.8. The van der Waals surface area contributed by atoms with Crippen molar-refractivity contribution in [3.63, 3.8) is 0 Å². The van der Waals surface area contributed by atoms with Gasteiger partial charge in [-0.2, -0.15) is 23.4 Å². The molecule has 1 N–H and O–H groups in total. The van der Waals surface area contributed by atoms with Crippen LogP contribution >= 0.6 is 0 Å². The minimum Gasteiger partial charge on any atom is -0.348 e. The quantitative estimate of drug-likeness (QED) is 0.685. The fourth-order valence-corrected chi connectivity index (χ4v) is 3.74. The van der Waals surface area contributed by atoms with Gasteiger partial charge in [0.1, 0.15) is 6.54 Å². The van der Waals surface area contributed by atoms with E-state index in [0.29, 0.717) is 5.69 Å². The van der Waals surface area contributed by atoms with Crippen molar-refractivity contribution >= 4 is 16.9 Å². The molecule has 1 fully saturated rings. The number of hydrogen-bond donors (Lipinski definition) is 1. The number of carbonyl (C=O) groups is 1. The molecule has 3 aromatic heterocycles. The first-order valence-electron chi connectivity index (χ1n) is 9.79. The Morgan fingerprint density at radius 3 is 2.60 bits per heavy atom. The summed E-state index contributed by atoms with van der Waals surface area (Å²) in [4.78, 5) is 17.1. The highest BCUT2D eigenvalue weighted by Gasteiger charge is 2.37. The summed E-state index contributed by atoms with van der Waals surface area (Å²) in [6.45, 7) is 5.02. The first-order chi connectivity index (χ1) is 14.1. The molecule has 0 aromatic carbocycles. The minimum atomic E-state index is -4.52. The molecule has 7 nitrogen and oxygen atoms in total. The summed E-state index contributed by atoms with van der Waals surface area (Å²) in [5.41, 5.74) is 1.78. The molecule has 0 radical (unpaired) electrons. The number of fused-ring (bicyclic) bond motifs is 1. The van der Waals surface area contributed by atoms with E-state index in [0.717, 1.165) is 30.2 Å². The van der Waals surface area contributed by atoms with Gasteiger partial charge in [-0.1, -0.05) is 0 Å². The lowest BCUT2D eigenvalue weighted by Crippen LogP contribution is -2.30. The van der Waals surface area contributed by atoms with Gasteiger partial charge in [0.05, 0.1) is 28.9 Å². The Balaban J connectivity index is 1.65. The zero-order valence-corrected chi connectivity index (χ0v) is 17.2. The van der Waals surface area contributed by atoms with E-state index in [1.165, 1.54) is 11.6 Å². The topological polar surface area (TPSA) is 77.6 Å². The number of halogens is 3. The lowest BCUT2D eigenvalue weighted by Gasteiger charge is -2.14. The molecule has 0 aliphatic heterocycles. The first kappa shape index (κ1) is 20.4. The number of hydrogen-bond acceptors (Lipinski definition) is 4. The van der Waals surface area contributed by atoms with Crippen LogP contribution < -0.4 is 5.32 Å². The molecule has 1 unspecified atom stereocenters. The van der Waals surface area contributed by atoms with E-state index in [2.05, 4.69) is 20.5 Å². The van der Waals surface area contributed by atoms with E-state index in [4.69, 9.17) is 0 Å². The van der Waals surface area contributed by atoms with Gasteiger partial charge in [-0.15, -0.1) is 0 Å². The van der Waals surface area contributed by atoms with Crippen LogP contribution in [0.3, 0.4) is 0 Å². The maximum atomic E-state index is 13.7. The third kappa shape index (κ3) is 3.66. The Bertz CT molecular complexity index is 1130. The highest BCUT2D eigenvalue weighted by molar-refractivity contribution is 5.85. The van der Waals surface area contributed by atoms with Gasteiger partial charge in [-0.25, -0.2) is 9.67 Å². The number of aromatic nitrogens is 5. The van der Waals surface area contributed by atoms with Crippen LogP contribution in [0.2, 0.25) is 0 Å². The van der Waals surface area contributed by atoms with Gasteiger partial charge >= 0.3 is 6.18 Å². The van der Waals surface area contributed by atoms with Gasteiger partial charge in [-0.05, 0) is 39.7 Å². The number of pyridine rings is 1. The molecule has 0 saturated heterocycles. The first-order valence-corrected chi connectivity index (χ1v) is 9.79. The fraction of sp³-hybridized carbons (Fsp3) is 0.500. The Morgan fingerprint density at radius 2 is 2.03 bits per heavy atom. The van der Waals surface area contributed by atoms with Crippen molar-refractivity contribution in [2.75, 3.05) is 0 Å². The molecule has 10 heteroatoms. The molecule has 1 aliphatic rings. The molecule has 4 rings (SSSR count). The summed E-state index contributed by atoms with van der Waals surface area (Å²) in [5.74, 6) is -0.316. The highest BCUT2D eigenvalue weighted by Crippen LogP contribution is 2.43. The molecular formula is C20H23F3N6O. The van der Waals surface area contributed by atoms with E-state index in [1.807, 2.05) is 20.9 Å². The van der Waals surface area contributed by atoms with E-state index >= 15 is 0 Å². The second kappa shape index (κ2) is 7.10. The lowest BCUT2D eigenvalue weighted by atomic mass is 10.1. The molecular weight excluding hydrogens is 397 g/mol. The minimum absolute atomic E-state index is 0.0431. The smallest absolute Gasteiger partial charge is 0.348 e. The lowest BCUT2D eigenvalue weighted by molar-refractivity contribution is -0.136. The molecule has 1 amide bonds. The van der Waals surface area contributed by atoms with Crippen LogP contribution in [0.25, 0.3) is 11.0 Å². The average Bonchev–Trinajstić information content (AvgIpc) is 3.39. The summed E-state index contributed by atoms with van der Waals surface area (Å²) in [6, 6.07) is 0.835. The molecule has 3 heterocycles. The Morgan fingerprint density at radius 1 is 1.33 bits per heavy atom. The molecule has 160 valence electrons. The number of carbonyl (C=O) groups excluding carboxylic acids is 1. The van der Waals surface area contributed by atoms with Gasteiger partial charge in [0.25, 0.3) is 0 Å². The maximum Gasteiger partial charge on any atom is 0.417 e. The number of amides is 1. The zero-order valence-electron chi connectivity index (χ0n) is 17.2. The van der Waals surface area contributed by atoms with Crippen molar-refractivity contribution in [2.45, 2.75) is 58.3 Å². The average molecular weight is 420 g/mol. The number of aryl methyl sites for hydroxylation is 2. The maximum absolute atomic E-state index is 13.7. The van der Waals surface area contributed by atoms with Crippen LogP contribution in [0, 0.1) is 13.8 Å². The number of nitrogens with zero attached hydrogens (tertiary/aromatic N) is 5. The Labute approximate surface area is 171 Å². The van der Waals surface area contributed by atoms with Crippen LogP contribution in [0.15, 0.2) is 12.3 Å². The van der Waals surface area contributed by atoms with Crippen LogP contribution in [0.4, 0.5) is 13.2 Å². The fourth-order valence-electron chi connectivity index (χ4n) is 3.74. The second-order valence-corrected chi connectivity index (χ2v) is 7.91. The van der Waals surface area contributed by atoms with Gasteiger partial charge < -0.3 is 5.32 Å². The standard InChI is InChI=1S/C20H23F3N6O/c1-10(14-8-24-28(4)12(14)3)25-17(30)9-29-19-18(11(2)27-29)15(20(21,22)23)7-16(26-19)13-5-6-13/h7-8,10,13H,5-6,9H2,1-4H3,(H,25,30). The van der Waals surface area contributed by atoms with Gasteiger partial charge in [0, 0.05) is 29.9 Å². The highest BCUT2D eigenvalue weighted by atomic mass is 19.4. The summed E-state index contributed by atoms with van der Waals surface area (Å²) in [5, 5.41) is 11.2. The normalized spacial score (nSPS) is 15.6. The summed E-state index contributed by atoms with van der Waals surface area (Å²) >= 11 is 0. The predicted molar refractivity (Wildman–Crippen MR) is 104 cm³/mol. The Kier molecular flexibility index (Phi) is 4.82. The van der Waals surface area contributed by atoms with Crippen molar-refractivity contribution in [1.82, 2.24) is 29.9 Å². The predicted octanol–water partition coefficient (Wildman–Crippen LogP) is 3.56. The third-order valence-electron chi connectivity index (χ3n) is 5.61. The van der Waals surface area contributed by atoms with Crippen molar-refractivity contribution in [3.8, 4) is 0 Å².